The van der Waals surface area contributed by atoms with Gasteiger partial charge in [-0.1, -0.05) is 23.5 Å². The SMILES string of the molecule is Cc1cccc2sc(Nc3ncnc(Nc4ccc(F)cc4F)c3[N+](=O)[O-])nc12. The van der Waals surface area contributed by atoms with Gasteiger partial charge in [0.2, 0.25) is 11.6 Å². The fourth-order valence-electron chi connectivity index (χ4n) is 2.69. The molecule has 146 valence electrons. The number of hydrogen-bond acceptors (Lipinski definition) is 8. The predicted octanol–water partition coefficient (Wildman–Crippen LogP) is 5.07. The van der Waals surface area contributed by atoms with E-state index in [-0.39, 0.29) is 17.3 Å². The number of hydrogen-bond donors (Lipinski definition) is 2. The smallest absolute Gasteiger partial charge is 0.332 e. The van der Waals surface area contributed by atoms with Gasteiger partial charge in [0.25, 0.3) is 0 Å². The van der Waals surface area contributed by atoms with Crippen LogP contribution < -0.4 is 10.6 Å². The summed E-state index contributed by atoms with van der Waals surface area (Å²) in [5.41, 5.74) is 1.10. The summed E-state index contributed by atoms with van der Waals surface area (Å²) < 4.78 is 27.9. The third-order valence-corrected chi connectivity index (χ3v) is 4.97. The summed E-state index contributed by atoms with van der Waals surface area (Å²) in [6, 6.07) is 8.52. The topological polar surface area (TPSA) is 106 Å². The highest BCUT2D eigenvalue weighted by Gasteiger charge is 2.25. The van der Waals surface area contributed by atoms with Crippen LogP contribution in [0.25, 0.3) is 10.2 Å². The molecule has 0 aliphatic heterocycles. The maximum atomic E-state index is 13.9. The molecule has 0 bridgehead atoms. The quantitative estimate of drug-likeness (QED) is 0.347. The molecule has 0 spiro atoms. The minimum absolute atomic E-state index is 0.105. The van der Waals surface area contributed by atoms with E-state index in [2.05, 4.69) is 25.6 Å². The van der Waals surface area contributed by atoms with Gasteiger partial charge in [0.1, 0.15) is 18.0 Å². The Kier molecular flexibility index (Phi) is 4.72. The van der Waals surface area contributed by atoms with Crippen molar-refractivity contribution in [2.75, 3.05) is 10.6 Å². The van der Waals surface area contributed by atoms with Crippen molar-refractivity contribution in [2.24, 2.45) is 0 Å². The fourth-order valence-corrected chi connectivity index (χ4v) is 3.64. The minimum Gasteiger partial charge on any atom is -0.332 e. The number of nitro groups is 1. The van der Waals surface area contributed by atoms with Gasteiger partial charge in [0, 0.05) is 6.07 Å². The van der Waals surface area contributed by atoms with Crippen LogP contribution in [0.5, 0.6) is 0 Å². The van der Waals surface area contributed by atoms with Crippen molar-refractivity contribution < 1.29 is 13.7 Å². The summed E-state index contributed by atoms with van der Waals surface area (Å²) in [4.78, 5) is 23.2. The maximum absolute atomic E-state index is 13.9. The van der Waals surface area contributed by atoms with Gasteiger partial charge in [-0.2, -0.15) is 0 Å². The average Bonchev–Trinajstić information content (AvgIpc) is 3.08. The number of anilines is 4. The lowest BCUT2D eigenvalue weighted by atomic mass is 10.2. The van der Waals surface area contributed by atoms with E-state index in [4.69, 9.17) is 0 Å². The van der Waals surface area contributed by atoms with E-state index >= 15 is 0 Å². The molecule has 0 aliphatic rings. The molecule has 0 amide bonds. The third-order valence-electron chi connectivity index (χ3n) is 4.04. The Labute approximate surface area is 166 Å². The molecule has 2 aromatic heterocycles. The molecule has 0 aliphatic carbocycles. The fraction of sp³-hybridized carbons (Fsp3) is 0.0556. The third kappa shape index (κ3) is 3.67. The van der Waals surface area contributed by atoms with Crippen LogP contribution in [0.1, 0.15) is 5.56 Å². The Bertz CT molecular complexity index is 1250. The van der Waals surface area contributed by atoms with Crippen LogP contribution in [-0.4, -0.2) is 19.9 Å². The van der Waals surface area contributed by atoms with Crippen LogP contribution in [-0.2, 0) is 0 Å². The number of nitrogens with zero attached hydrogens (tertiary/aromatic N) is 4. The van der Waals surface area contributed by atoms with Crippen molar-refractivity contribution in [3.05, 3.63) is 70.0 Å². The van der Waals surface area contributed by atoms with E-state index < -0.39 is 22.2 Å². The molecule has 2 heterocycles. The first-order valence-electron chi connectivity index (χ1n) is 8.27. The lowest BCUT2D eigenvalue weighted by molar-refractivity contribution is -0.383. The molecule has 2 aromatic carbocycles. The number of rotatable bonds is 5. The van der Waals surface area contributed by atoms with Crippen molar-refractivity contribution >= 4 is 49.7 Å². The second-order valence-corrected chi connectivity index (χ2v) is 7.02. The van der Waals surface area contributed by atoms with Gasteiger partial charge < -0.3 is 10.6 Å². The van der Waals surface area contributed by atoms with Crippen LogP contribution in [0.3, 0.4) is 0 Å². The first-order chi connectivity index (χ1) is 13.9. The van der Waals surface area contributed by atoms with Crippen LogP contribution in [0, 0.1) is 28.7 Å². The minimum atomic E-state index is -0.908. The van der Waals surface area contributed by atoms with E-state index in [0.29, 0.717) is 11.2 Å². The van der Waals surface area contributed by atoms with E-state index in [0.717, 1.165) is 34.2 Å². The van der Waals surface area contributed by atoms with Crippen LogP contribution in [0.4, 0.5) is 36.9 Å². The molecule has 0 unspecified atom stereocenters. The number of para-hydroxylation sites is 1. The molecular formula is C18H12F2N6O2S. The largest absolute Gasteiger partial charge is 0.353 e. The first-order valence-corrected chi connectivity index (χ1v) is 9.08. The molecule has 4 rings (SSSR count). The predicted molar refractivity (Wildman–Crippen MR) is 106 cm³/mol. The summed E-state index contributed by atoms with van der Waals surface area (Å²) in [6.07, 6.45) is 1.09. The summed E-state index contributed by atoms with van der Waals surface area (Å²) in [5, 5.41) is 17.4. The highest BCUT2D eigenvalue weighted by Crippen LogP contribution is 2.36. The van der Waals surface area contributed by atoms with E-state index in [1.165, 1.54) is 11.3 Å². The zero-order valence-electron chi connectivity index (χ0n) is 14.8. The molecule has 8 nitrogen and oxygen atoms in total. The van der Waals surface area contributed by atoms with Crippen LogP contribution in [0.2, 0.25) is 0 Å². The second kappa shape index (κ2) is 7.36. The standard InChI is InChI=1S/C18H12F2N6O2S/c1-9-3-2-4-13-14(9)24-18(29-13)25-17-15(26(27)28)16(21-8-22-17)23-12-6-5-10(19)7-11(12)20/h2-8H,1H3,(H2,21,22,23,24,25). The molecular weight excluding hydrogens is 402 g/mol. The van der Waals surface area contributed by atoms with Crippen molar-refractivity contribution in [3.63, 3.8) is 0 Å². The van der Waals surface area contributed by atoms with Gasteiger partial charge in [0.15, 0.2) is 5.13 Å². The number of fused-ring (bicyclic) bond motifs is 1. The number of thiazole rings is 1. The van der Waals surface area contributed by atoms with Crippen molar-refractivity contribution in [1.29, 1.82) is 0 Å². The van der Waals surface area contributed by atoms with Gasteiger partial charge in [-0.05, 0) is 30.7 Å². The number of halogens is 2. The van der Waals surface area contributed by atoms with E-state index in [1.54, 1.807) is 0 Å². The Hall–Kier alpha value is -3.73. The summed E-state index contributed by atoms with van der Waals surface area (Å²) in [6.45, 7) is 1.91. The number of benzene rings is 2. The molecule has 2 N–H and O–H groups in total. The van der Waals surface area contributed by atoms with Gasteiger partial charge >= 0.3 is 5.69 Å². The molecule has 11 heteroatoms. The normalized spacial score (nSPS) is 10.9. The zero-order chi connectivity index (χ0) is 20.5. The highest BCUT2D eigenvalue weighted by atomic mass is 32.1. The Balaban J connectivity index is 1.72. The average molecular weight is 414 g/mol. The molecule has 0 saturated heterocycles. The second-order valence-electron chi connectivity index (χ2n) is 5.99. The van der Waals surface area contributed by atoms with Gasteiger partial charge in [0.05, 0.1) is 20.8 Å². The Morgan fingerprint density at radius 3 is 2.55 bits per heavy atom. The highest BCUT2D eigenvalue weighted by molar-refractivity contribution is 7.22. The molecule has 0 atom stereocenters. The van der Waals surface area contributed by atoms with Gasteiger partial charge in [-0.15, -0.1) is 0 Å². The monoisotopic (exact) mass is 414 g/mol. The molecule has 0 saturated carbocycles. The van der Waals surface area contributed by atoms with Crippen LogP contribution >= 0.6 is 11.3 Å². The van der Waals surface area contributed by atoms with Crippen molar-refractivity contribution in [1.82, 2.24) is 15.0 Å². The molecule has 29 heavy (non-hydrogen) atoms. The molecule has 4 aromatic rings. The summed E-state index contributed by atoms with van der Waals surface area (Å²) >= 11 is 1.31. The van der Waals surface area contributed by atoms with Crippen molar-refractivity contribution in [3.8, 4) is 0 Å². The number of nitrogens with one attached hydrogen (secondary N) is 2. The zero-order valence-corrected chi connectivity index (χ0v) is 15.6. The molecule has 0 radical (unpaired) electrons. The maximum Gasteiger partial charge on any atom is 0.353 e. The number of aryl methyl sites for hydroxylation is 1. The molecule has 0 fully saturated rings. The summed E-state index contributed by atoms with van der Waals surface area (Å²) in [5.74, 6) is -2.02. The Morgan fingerprint density at radius 1 is 1.10 bits per heavy atom. The first kappa shape index (κ1) is 18.6. The lowest BCUT2D eigenvalue weighted by Crippen LogP contribution is -2.06. The Morgan fingerprint density at radius 2 is 1.86 bits per heavy atom. The van der Waals surface area contributed by atoms with E-state index in [9.17, 15) is 18.9 Å². The lowest BCUT2D eigenvalue weighted by Gasteiger charge is -2.09. The van der Waals surface area contributed by atoms with Crippen molar-refractivity contribution in [2.45, 2.75) is 6.92 Å². The van der Waals surface area contributed by atoms with Crippen LogP contribution in [0.15, 0.2) is 42.7 Å². The number of aromatic nitrogens is 3. The van der Waals surface area contributed by atoms with Gasteiger partial charge in [-0.25, -0.2) is 23.7 Å². The summed E-state index contributed by atoms with van der Waals surface area (Å²) in [7, 11) is 0. The van der Waals surface area contributed by atoms with Gasteiger partial charge in [-0.3, -0.25) is 10.1 Å². The van der Waals surface area contributed by atoms with E-state index in [1.807, 2.05) is 25.1 Å².